The molecule has 3 nitrogen and oxygen atoms in total. The van der Waals surface area contributed by atoms with Crippen molar-refractivity contribution in [3.63, 3.8) is 0 Å². The third-order valence-corrected chi connectivity index (χ3v) is 4.36. The highest BCUT2D eigenvalue weighted by Crippen LogP contribution is 2.15. The summed E-state index contributed by atoms with van der Waals surface area (Å²) in [6.07, 6.45) is 4.52. The summed E-state index contributed by atoms with van der Waals surface area (Å²) in [5, 5.41) is 3.01. The van der Waals surface area contributed by atoms with Crippen LogP contribution in [0.1, 0.15) is 39.0 Å². The molecule has 1 rings (SSSR count). The molecular formula is C10H19NO2S. The predicted octanol–water partition coefficient (Wildman–Crippen LogP) is 1.20. The standard InChI is InChI=1S/C10H19NO2S/c1-2-3-7-14(13)9-5-4-6-10(12)11-8-9/h9H,2-8H2,1H3,(H,11,12). The first kappa shape index (κ1) is 11.9. The number of amides is 1. The lowest BCUT2D eigenvalue weighted by Gasteiger charge is -2.19. The molecule has 4 heteroatoms. The molecule has 1 N–H and O–H groups in total. The van der Waals surface area contributed by atoms with Gasteiger partial charge in [-0.3, -0.25) is 4.79 Å². The van der Waals surface area contributed by atoms with Crippen LogP contribution < -0.4 is 5.32 Å². The lowest BCUT2D eigenvalue weighted by molar-refractivity contribution is -0.120. The number of hydrogen-bond acceptors (Lipinski definition) is 2. The van der Waals surface area contributed by atoms with Crippen molar-refractivity contribution in [1.82, 2.24) is 5.32 Å². The Bertz CT molecular complexity index is 187. The summed E-state index contributed by atoms with van der Waals surface area (Å²) in [4.78, 5) is 11.1. The Labute approximate surface area is 88.8 Å². The summed E-state index contributed by atoms with van der Waals surface area (Å²) in [6, 6.07) is 0. The maximum atomic E-state index is 11.8. The van der Waals surface area contributed by atoms with E-state index in [4.69, 9.17) is 0 Å². The van der Waals surface area contributed by atoms with E-state index in [-0.39, 0.29) is 11.2 Å². The van der Waals surface area contributed by atoms with Gasteiger partial charge in [0.2, 0.25) is 5.91 Å². The normalized spacial score (nSPS) is 25.3. The van der Waals surface area contributed by atoms with Gasteiger partial charge in [-0.05, 0) is 30.4 Å². The lowest BCUT2D eigenvalue weighted by atomic mass is 10.2. The first-order valence-corrected chi connectivity index (χ1v) is 6.76. The van der Waals surface area contributed by atoms with E-state index in [0.717, 1.165) is 31.4 Å². The molecule has 0 radical (unpaired) electrons. The Morgan fingerprint density at radius 2 is 2.43 bits per heavy atom. The van der Waals surface area contributed by atoms with Crippen molar-refractivity contribution in [2.45, 2.75) is 44.3 Å². The van der Waals surface area contributed by atoms with Gasteiger partial charge in [0.1, 0.15) is 11.0 Å². The summed E-state index contributed by atoms with van der Waals surface area (Å²) < 4.78 is 11.8. The molecule has 1 heterocycles. The molecule has 0 aliphatic carbocycles. The fourth-order valence-electron chi connectivity index (χ4n) is 1.59. The van der Waals surface area contributed by atoms with E-state index >= 15 is 0 Å². The van der Waals surface area contributed by atoms with E-state index in [0.29, 0.717) is 13.0 Å². The van der Waals surface area contributed by atoms with Crippen LogP contribution in [0, 0.1) is 0 Å². The van der Waals surface area contributed by atoms with Gasteiger partial charge in [-0.1, -0.05) is 13.3 Å². The first-order chi connectivity index (χ1) is 6.74. The summed E-state index contributed by atoms with van der Waals surface area (Å²) in [5.41, 5.74) is 0. The molecule has 1 saturated heterocycles. The van der Waals surface area contributed by atoms with Crippen molar-refractivity contribution in [2.75, 3.05) is 12.3 Å². The molecule has 0 spiro atoms. The number of rotatable bonds is 4. The zero-order valence-electron chi connectivity index (χ0n) is 8.75. The van der Waals surface area contributed by atoms with Gasteiger partial charge >= 0.3 is 0 Å². The maximum absolute atomic E-state index is 11.8. The van der Waals surface area contributed by atoms with E-state index in [1.165, 1.54) is 0 Å². The number of hydrogen-bond donors (Lipinski definition) is 1. The Hall–Kier alpha value is -0.220. The van der Waals surface area contributed by atoms with Crippen LogP contribution in [0.25, 0.3) is 0 Å². The maximum Gasteiger partial charge on any atom is 0.220 e. The monoisotopic (exact) mass is 217 g/mol. The molecule has 2 unspecified atom stereocenters. The van der Waals surface area contributed by atoms with Crippen molar-refractivity contribution in [1.29, 1.82) is 0 Å². The van der Waals surface area contributed by atoms with Crippen LogP contribution in [0.2, 0.25) is 0 Å². The second-order valence-corrected chi connectivity index (χ2v) is 5.59. The third kappa shape index (κ3) is 3.88. The third-order valence-electron chi connectivity index (χ3n) is 2.53. The molecule has 1 amide bonds. The van der Waals surface area contributed by atoms with Crippen LogP contribution in [0.15, 0.2) is 0 Å². The second-order valence-electron chi connectivity index (χ2n) is 3.76. The lowest BCUT2D eigenvalue weighted by Crippen LogP contribution is -2.35. The minimum atomic E-state index is -0.747. The van der Waals surface area contributed by atoms with Crippen molar-refractivity contribution in [3.8, 4) is 0 Å². The largest absolute Gasteiger partial charge is 0.616 e. The average Bonchev–Trinajstić information content (AvgIpc) is 2.39. The highest BCUT2D eigenvalue weighted by Gasteiger charge is 2.24. The molecule has 1 fully saturated rings. The number of carbonyl (C=O) groups excluding carboxylic acids is 1. The SMILES string of the molecule is CCCC[S+]([O-])C1CCCC(=O)NC1. The van der Waals surface area contributed by atoms with Crippen molar-refractivity contribution >= 4 is 17.1 Å². The summed E-state index contributed by atoms with van der Waals surface area (Å²) in [5.74, 6) is 0.900. The van der Waals surface area contributed by atoms with Crippen molar-refractivity contribution in [3.05, 3.63) is 0 Å². The molecule has 0 aromatic carbocycles. The molecule has 2 atom stereocenters. The van der Waals surface area contributed by atoms with Gasteiger partial charge < -0.3 is 9.87 Å². The number of unbranched alkanes of at least 4 members (excludes halogenated alkanes) is 1. The quantitative estimate of drug-likeness (QED) is 0.719. The fourth-order valence-corrected chi connectivity index (χ4v) is 3.19. The first-order valence-electron chi connectivity index (χ1n) is 5.38. The minimum absolute atomic E-state index is 0.111. The molecule has 1 aliphatic rings. The molecule has 0 saturated carbocycles. The summed E-state index contributed by atoms with van der Waals surface area (Å²) in [6.45, 7) is 2.71. The second kappa shape index (κ2) is 6.30. The van der Waals surface area contributed by atoms with E-state index in [1.807, 2.05) is 0 Å². The van der Waals surface area contributed by atoms with Crippen LogP contribution in [0.3, 0.4) is 0 Å². The van der Waals surface area contributed by atoms with Crippen LogP contribution in [0.5, 0.6) is 0 Å². The molecule has 0 aromatic rings. The molecule has 82 valence electrons. The number of nitrogens with one attached hydrogen (secondary N) is 1. The Morgan fingerprint density at radius 3 is 3.14 bits per heavy atom. The molecular weight excluding hydrogens is 198 g/mol. The smallest absolute Gasteiger partial charge is 0.220 e. The Kier molecular flexibility index (Phi) is 5.33. The summed E-state index contributed by atoms with van der Waals surface area (Å²) >= 11 is -0.747. The van der Waals surface area contributed by atoms with E-state index in [9.17, 15) is 9.35 Å². The average molecular weight is 217 g/mol. The van der Waals surface area contributed by atoms with Crippen LogP contribution in [0.4, 0.5) is 0 Å². The Morgan fingerprint density at radius 1 is 1.64 bits per heavy atom. The fraction of sp³-hybridized carbons (Fsp3) is 0.900. The van der Waals surface area contributed by atoms with Gasteiger partial charge in [0.05, 0.1) is 6.54 Å². The van der Waals surface area contributed by atoms with Crippen LogP contribution >= 0.6 is 0 Å². The summed E-state index contributed by atoms with van der Waals surface area (Å²) in [7, 11) is 0. The van der Waals surface area contributed by atoms with Gasteiger partial charge in [0.25, 0.3) is 0 Å². The topological polar surface area (TPSA) is 52.2 Å². The van der Waals surface area contributed by atoms with Gasteiger partial charge in [0.15, 0.2) is 0 Å². The van der Waals surface area contributed by atoms with Crippen molar-refractivity contribution in [2.24, 2.45) is 0 Å². The van der Waals surface area contributed by atoms with Crippen LogP contribution in [-0.2, 0) is 16.0 Å². The van der Waals surface area contributed by atoms with Crippen molar-refractivity contribution < 1.29 is 9.35 Å². The van der Waals surface area contributed by atoms with E-state index in [1.54, 1.807) is 0 Å². The molecule has 0 bridgehead atoms. The van der Waals surface area contributed by atoms with Gasteiger partial charge in [0, 0.05) is 6.42 Å². The van der Waals surface area contributed by atoms with Crippen LogP contribution in [-0.4, -0.2) is 28.0 Å². The minimum Gasteiger partial charge on any atom is -0.616 e. The van der Waals surface area contributed by atoms with E-state index in [2.05, 4.69) is 12.2 Å². The van der Waals surface area contributed by atoms with E-state index < -0.39 is 11.2 Å². The molecule has 0 aromatic heterocycles. The number of carbonyl (C=O) groups is 1. The molecule has 1 aliphatic heterocycles. The zero-order valence-corrected chi connectivity index (χ0v) is 9.57. The highest BCUT2D eigenvalue weighted by molar-refractivity contribution is 7.92. The Balaban J connectivity index is 2.31. The predicted molar refractivity (Wildman–Crippen MR) is 58.6 cm³/mol. The van der Waals surface area contributed by atoms with Gasteiger partial charge in [-0.25, -0.2) is 0 Å². The zero-order chi connectivity index (χ0) is 10.4. The van der Waals surface area contributed by atoms with Gasteiger partial charge in [-0.2, -0.15) is 0 Å². The highest BCUT2D eigenvalue weighted by atomic mass is 32.2. The molecule has 14 heavy (non-hydrogen) atoms. The van der Waals surface area contributed by atoms with Gasteiger partial charge in [-0.15, -0.1) is 0 Å².